The van der Waals surface area contributed by atoms with E-state index in [4.69, 9.17) is 11.6 Å². The summed E-state index contributed by atoms with van der Waals surface area (Å²) >= 11 is 6.12. The molecule has 0 saturated heterocycles. The molecule has 132 valence electrons. The van der Waals surface area contributed by atoms with E-state index in [1.165, 1.54) is 0 Å². The van der Waals surface area contributed by atoms with Crippen molar-refractivity contribution in [3.8, 4) is 0 Å². The van der Waals surface area contributed by atoms with Crippen LogP contribution >= 0.6 is 11.6 Å². The maximum absolute atomic E-state index is 12.4. The molecule has 2 N–H and O–H groups in total. The van der Waals surface area contributed by atoms with Gasteiger partial charge in [-0.1, -0.05) is 78.3 Å². The van der Waals surface area contributed by atoms with Crippen LogP contribution in [0.15, 0.2) is 78.9 Å². The van der Waals surface area contributed by atoms with Gasteiger partial charge in [-0.05, 0) is 35.7 Å². The predicted octanol–water partition coefficient (Wildman–Crippen LogP) is 4.97. The lowest BCUT2D eigenvalue weighted by atomic mass is 9.99. The Kier molecular flexibility index (Phi) is 6.05. The molecular weight excluding hydrogens is 344 g/mol. The van der Waals surface area contributed by atoms with Gasteiger partial charge in [0.15, 0.2) is 0 Å². The van der Waals surface area contributed by atoms with Gasteiger partial charge in [0.2, 0.25) is 5.91 Å². The Morgan fingerprint density at radius 3 is 2.04 bits per heavy atom. The van der Waals surface area contributed by atoms with Crippen LogP contribution in [-0.4, -0.2) is 12.5 Å². The van der Waals surface area contributed by atoms with Crippen molar-refractivity contribution in [1.29, 1.82) is 0 Å². The summed E-state index contributed by atoms with van der Waals surface area (Å²) in [7, 11) is 0. The van der Waals surface area contributed by atoms with E-state index in [0.717, 1.165) is 16.7 Å². The molecule has 0 radical (unpaired) electrons. The fourth-order valence-electron chi connectivity index (χ4n) is 2.79. The highest BCUT2D eigenvalue weighted by molar-refractivity contribution is 6.31. The average Bonchev–Trinajstić information content (AvgIpc) is 2.67. The van der Waals surface area contributed by atoms with Crippen LogP contribution in [0, 0.1) is 6.92 Å². The first-order chi connectivity index (χ1) is 12.6. The van der Waals surface area contributed by atoms with Gasteiger partial charge in [0.1, 0.15) is 0 Å². The number of hydrogen-bond donors (Lipinski definition) is 2. The second-order valence-electron chi connectivity index (χ2n) is 6.15. The van der Waals surface area contributed by atoms with E-state index in [0.29, 0.717) is 10.7 Å². The minimum Gasteiger partial charge on any atom is -0.325 e. The van der Waals surface area contributed by atoms with Crippen LogP contribution in [0.3, 0.4) is 0 Å². The smallest absolute Gasteiger partial charge is 0.238 e. The van der Waals surface area contributed by atoms with Crippen LogP contribution in [0.5, 0.6) is 0 Å². The van der Waals surface area contributed by atoms with Gasteiger partial charge in [-0.25, -0.2) is 0 Å². The second kappa shape index (κ2) is 8.65. The molecule has 0 atom stereocenters. The van der Waals surface area contributed by atoms with E-state index in [2.05, 4.69) is 34.9 Å². The molecular formula is C22H21ClN2O. The lowest BCUT2D eigenvalue weighted by Crippen LogP contribution is -2.31. The van der Waals surface area contributed by atoms with Crippen molar-refractivity contribution in [2.45, 2.75) is 13.0 Å². The van der Waals surface area contributed by atoms with Crippen LogP contribution < -0.4 is 10.6 Å². The van der Waals surface area contributed by atoms with Gasteiger partial charge in [0.25, 0.3) is 0 Å². The largest absolute Gasteiger partial charge is 0.325 e. The lowest BCUT2D eigenvalue weighted by molar-refractivity contribution is -0.115. The van der Waals surface area contributed by atoms with Gasteiger partial charge >= 0.3 is 0 Å². The first-order valence-corrected chi connectivity index (χ1v) is 8.90. The van der Waals surface area contributed by atoms with Crippen LogP contribution in [0.1, 0.15) is 22.7 Å². The zero-order valence-corrected chi connectivity index (χ0v) is 15.3. The molecule has 0 aliphatic carbocycles. The summed E-state index contributed by atoms with van der Waals surface area (Å²) in [4.78, 5) is 12.4. The van der Waals surface area contributed by atoms with E-state index in [1.54, 1.807) is 6.07 Å². The Bertz CT molecular complexity index is 826. The highest BCUT2D eigenvalue weighted by Gasteiger charge is 2.14. The van der Waals surface area contributed by atoms with E-state index in [9.17, 15) is 4.79 Å². The minimum absolute atomic E-state index is 0.0512. The Labute approximate surface area is 159 Å². The summed E-state index contributed by atoms with van der Waals surface area (Å²) < 4.78 is 0. The first kappa shape index (κ1) is 18.2. The Hall–Kier alpha value is -2.62. The maximum atomic E-state index is 12.4. The molecule has 0 aliphatic rings. The summed E-state index contributed by atoms with van der Waals surface area (Å²) in [6.07, 6.45) is 0. The second-order valence-corrected chi connectivity index (χ2v) is 6.55. The molecule has 0 bridgehead atoms. The highest BCUT2D eigenvalue weighted by atomic mass is 35.5. The first-order valence-electron chi connectivity index (χ1n) is 8.53. The zero-order valence-electron chi connectivity index (χ0n) is 14.6. The van der Waals surface area contributed by atoms with Crippen LogP contribution in [0.25, 0.3) is 0 Å². The van der Waals surface area contributed by atoms with Crippen molar-refractivity contribution >= 4 is 23.2 Å². The van der Waals surface area contributed by atoms with Gasteiger partial charge in [-0.15, -0.1) is 0 Å². The number of aryl methyl sites for hydroxylation is 1. The van der Waals surface area contributed by atoms with Crippen LogP contribution in [-0.2, 0) is 4.79 Å². The molecule has 0 fully saturated rings. The number of carbonyl (C=O) groups excluding carboxylic acids is 1. The number of hydrogen-bond acceptors (Lipinski definition) is 2. The number of rotatable bonds is 6. The van der Waals surface area contributed by atoms with E-state index >= 15 is 0 Å². The van der Waals surface area contributed by atoms with Crippen molar-refractivity contribution in [2.24, 2.45) is 0 Å². The van der Waals surface area contributed by atoms with Crippen LogP contribution in [0.2, 0.25) is 5.02 Å². The van der Waals surface area contributed by atoms with Gasteiger partial charge in [0, 0.05) is 10.7 Å². The molecule has 3 rings (SSSR count). The van der Waals surface area contributed by atoms with Crippen molar-refractivity contribution in [1.82, 2.24) is 5.32 Å². The highest BCUT2D eigenvalue weighted by Crippen LogP contribution is 2.22. The van der Waals surface area contributed by atoms with Gasteiger partial charge in [0.05, 0.1) is 12.6 Å². The number of amides is 1. The molecule has 0 spiro atoms. The predicted molar refractivity (Wildman–Crippen MR) is 108 cm³/mol. The molecule has 0 aliphatic heterocycles. The fraction of sp³-hybridized carbons (Fsp3) is 0.136. The van der Waals surface area contributed by atoms with E-state index in [-0.39, 0.29) is 18.5 Å². The molecule has 0 aromatic heterocycles. The summed E-state index contributed by atoms with van der Waals surface area (Å²) in [6, 6.07) is 25.7. The third kappa shape index (κ3) is 4.72. The summed E-state index contributed by atoms with van der Waals surface area (Å²) in [5.41, 5.74) is 3.91. The topological polar surface area (TPSA) is 41.1 Å². The van der Waals surface area contributed by atoms with Crippen molar-refractivity contribution < 1.29 is 4.79 Å². The van der Waals surface area contributed by atoms with Crippen molar-refractivity contribution in [3.63, 3.8) is 0 Å². The quantitative estimate of drug-likeness (QED) is 0.648. The van der Waals surface area contributed by atoms with Crippen LogP contribution in [0.4, 0.5) is 5.69 Å². The minimum atomic E-state index is -0.109. The number of benzene rings is 3. The molecule has 3 nitrogen and oxygen atoms in total. The Balaban J connectivity index is 1.69. The van der Waals surface area contributed by atoms with E-state index < -0.39 is 0 Å². The molecule has 0 saturated carbocycles. The monoisotopic (exact) mass is 364 g/mol. The maximum Gasteiger partial charge on any atom is 0.238 e. The fourth-order valence-corrected chi connectivity index (χ4v) is 2.97. The third-order valence-electron chi connectivity index (χ3n) is 4.19. The van der Waals surface area contributed by atoms with Gasteiger partial charge in [-0.3, -0.25) is 10.1 Å². The Morgan fingerprint density at radius 2 is 1.50 bits per heavy atom. The van der Waals surface area contributed by atoms with E-state index in [1.807, 2.05) is 55.5 Å². The number of anilines is 1. The zero-order chi connectivity index (χ0) is 18.4. The lowest BCUT2D eigenvalue weighted by Gasteiger charge is -2.19. The molecule has 3 aromatic carbocycles. The summed E-state index contributed by atoms with van der Waals surface area (Å²) in [6.45, 7) is 2.12. The summed E-state index contributed by atoms with van der Waals surface area (Å²) in [5.74, 6) is -0.109. The molecule has 0 heterocycles. The molecule has 26 heavy (non-hydrogen) atoms. The molecule has 0 unspecified atom stereocenters. The summed E-state index contributed by atoms with van der Waals surface area (Å²) in [5, 5.41) is 6.88. The Morgan fingerprint density at radius 1 is 0.923 bits per heavy atom. The third-order valence-corrected chi connectivity index (χ3v) is 4.60. The molecule has 3 aromatic rings. The molecule has 4 heteroatoms. The average molecular weight is 365 g/mol. The SMILES string of the molecule is Cc1ccc(NC(=O)CNC(c2ccccc2)c2ccccc2)cc1Cl. The number of carbonyl (C=O) groups is 1. The van der Waals surface area contributed by atoms with Gasteiger partial charge < -0.3 is 5.32 Å². The van der Waals surface area contributed by atoms with Gasteiger partial charge in [-0.2, -0.15) is 0 Å². The van der Waals surface area contributed by atoms with Crippen molar-refractivity contribution in [2.75, 3.05) is 11.9 Å². The standard InChI is InChI=1S/C22H21ClN2O/c1-16-12-13-19(14-20(16)23)25-21(26)15-24-22(17-8-4-2-5-9-17)18-10-6-3-7-11-18/h2-14,22,24H,15H2,1H3,(H,25,26). The normalized spacial score (nSPS) is 10.7. The molecule has 1 amide bonds. The van der Waals surface area contributed by atoms with Crippen molar-refractivity contribution in [3.05, 3.63) is 101 Å². The number of nitrogens with one attached hydrogen (secondary N) is 2. The number of halogens is 1.